The van der Waals surface area contributed by atoms with E-state index in [9.17, 15) is 14.3 Å². The van der Waals surface area contributed by atoms with E-state index in [0.29, 0.717) is 25.7 Å². The van der Waals surface area contributed by atoms with E-state index in [0.717, 1.165) is 34.5 Å². The molecule has 1 saturated carbocycles. The highest BCUT2D eigenvalue weighted by molar-refractivity contribution is 5.95. The SMILES string of the molecule is CC(=O)c1ccccc1CC[C@]1(O)CCC2=Cc3c(cnn3-c3ccc(F)cc3)CC21C. The van der Waals surface area contributed by atoms with Crippen LogP contribution in [0.15, 0.2) is 60.3 Å². The van der Waals surface area contributed by atoms with Crippen molar-refractivity contribution in [3.05, 3.63) is 88.5 Å². The molecule has 0 radical (unpaired) electrons. The second-order valence-electron chi connectivity index (χ2n) is 9.37. The number of aryl methyl sites for hydroxylation is 1. The fourth-order valence-corrected chi connectivity index (χ4v) is 5.54. The van der Waals surface area contributed by atoms with Crippen molar-refractivity contribution in [1.82, 2.24) is 9.78 Å². The molecular formula is C27H27FN2O2. The molecule has 2 atom stereocenters. The van der Waals surface area contributed by atoms with E-state index in [1.165, 1.54) is 17.7 Å². The van der Waals surface area contributed by atoms with Crippen molar-refractivity contribution in [3.63, 3.8) is 0 Å². The molecule has 4 nitrogen and oxygen atoms in total. The van der Waals surface area contributed by atoms with Crippen LogP contribution in [0.1, 0.15) is 60.3 Å². The first kappa shape index (κ1) is 20.8. The topological polar surface area (TPSA) is 55.1 Å². The van der Waals surface area contributed by atoms with E-state index in [2.05, 4.69) is 18.1 Å². The van der Waals surface area contributed by atoms with Crippen LogP contribution < -0.4 is 0 Å². The Morgan fingerprint density at radius 1 is 1.19 bits per heavy atom. The fourth-order valence-electron chi connectivity index (χ4n) is 5.54. The highest BCUT2D eigenvalue weighted by Gasteiger charge is 2.54. The smallest absolute Gasteiger partial charge is 0.160 e. The summed E-state index contributed by atoms with van der Waals surface area (Å²) < 4.78 is 15.2. The van der Waals surface area contributed by atoms with E-state index in [1.54, 1.807) is 19.1 Å². The molecule has 1 unspecified atom stereocenters. The number of benzene rings is 2. The Kier molecular flexibility index (Phi) is 4.90. The number of carbonyl (C=O) groups is 1. The van der Waals surface area contributed by atoms with Crippen LogP contribution in [0.4, 0.5) is 4.39 Å². The van der Waals surface area contributed by atoms with Gasteiger partial charge in [-0.05, 0) is 80.5 Å². The summed E-state index contributed by atoms with van der Waals surface area (Å²) in [4.78, 5) is 12.0. The van der Waals surface area contributed by atoms with Gasteiger partial charge in [-0.3, -0.25) is 4.79 Å². The minimum atomic E-state index is -0.849. The molecule has 5 rings (SSSR count). The van der Waals surface area contributed by atoms with Crippen molar-refractivity contribution in [2.24, 2.45) is 5.41 Å². The number of hydrogen-bond donors (Lipinski definition) is 1. The predicted molar refractivity (Wildman–Crippen MR) is 122 cm³/mol. The van der Waals surface area contributed by atoms with Crippen LogP contribution in [0, 0.1) is 11.2 Å². The van der Waals surface area contributed by atoms with Gasteiger partial charge >= 0.3 is 0 Å². The Hall–Kier alpha value is -3.05. The van der Waals surface area contributed by atoms with E-state index in [4.69, 9.17) is 0 Å². The third-order valence-electron chi connectivity index (χ3n) is 7.56. The zero-order valence-electron chi connectivity index (χ0n) is 18.4. The minimum Gasteiger partial charge on any atom is -0.389 e. The molecule has 5 heteroatoms. The molecule has 0 bridgehead atoms. The number of Topliss-reactive ketones (excluding diaryl/α,β-unsaturated/α-hetero) is 1. The summed E-state index contributed by atoms with van der Waals surface area (Å²) in [6.45, 7) is 3.74. The molecule has 1 aromatic heterocycles. The summed E-state index contributed by atoms with van der Waals surface area (Å²) in [5, 5.41) is 16.4. The van der Waals surface area contributed by atoms with Gasteiger partial charge in [0.2, 0.25) is 0 Å². The third kappa shape index (κ3) is 3.23. The second-order valence-corrected chi connectivity index (χ2v) is 9.37. The standard InChI is InChI=1S/C27H27FN2O2/c1-18(31)24-6-4-3-5-19(24)11-13-27(32)14-12-21-15-25-20(16-26(21,27)2)17-29-30(25)23-9-7-22(28)8-10-23/h3-10,15,17,32H,11-14,16H2,1-2H3/t26?,27-/m0/s1. The number of hydrogen-bond acceptors (Lipinski definition) is 3. The van der Waals surface area contributed by atoms with Gasteiger partial charge in [0, 0.05) is 11.0 Å². The fraction of sp³-hybridized carbons (Fsp3) is 0.333. The Morgan fingerprint density at radius 2 is 1.94 bits per heavy atom. The Bertz CT molecular complexity index is 1230. The lowest BCUT2D eigenvalue weighted by atomic mass is 9.65. The zero-order valence-corrected chi connectivity index (χ0v) is 18.4. The molecule has 0 aliphatic heterocycles. The highest BCUT2D eigenvalue weighted by Crippen LogP contribution is 2.56. The van der Waals surface area contributed by atoms with Gasteiger partial charge in [-0.15, -0.1) is 0 Å². The third-order valence-corrected chi connectivity index (χ3v) is 7.56. The first-order chi connectivity index (χ1) is 15.3. The van der Waals surface area contributed by atoms with Crippen molar-refractivity contribution in [2.75, 3.05) is 0 Å². The maximum atomic E-state index is 13.4. The molecule has 0 saturated heterocycles. The second kappa shape index (κ2) is 7.52. The Labute approximate surface area is 187 Å². The quantitative estimate of drug-likeness (QED) is 0.558. The molecule has 2 aromatic carbocycles. The van der Waals surface area contributed by atoms with Gasteiger partial charge in [-0.1, -0.05) is 36.8 Å². The van der Waals surface area contributed by atoms with Gasteiger partial charge in [-0.2, -0.15) is 5.10 Å². The number of nitrogens with zero attached hydrogens (tertiary/aromatic N) is 2. The van der Waals surface area contributed by atoms with Gasteiger partial charge in [0.1, 0.15) is 5.82 Å². The normalized spacial score (nSPS) is 24.1. The molecule has 164 valence electrons. The van der Waals surface area contributed by atoms with Crippen molar-refractivity contribution < 1.29 is 14.3 Å². The lowest BCUT2D eigenvalue weighted by Gasteiger charge is -2.42. The average Bonchev–Trinajstić information content (AvgIpc) is 3.29. The maximum absolute atomic E-state index is 13.4. The summed E-state index contributed by atoms with van der Waals surface area (Å²) >= 11 is 0. The number of aromatic nitrogens is 2. The molecule has 1 heterocycles. The molecule has 32 heavy (non-hydrogen) atoms. The Morgan fingerprint density at radius 3 is 2.69 bits per heavy atom. The number of ketones is 1. The lowest BCUT2D eigenvalue weighted by Crippen LogP contribution is -2.45. The van der Waals surface area contributed by atoms with Crippen LogP contribution in [-0.2, 0) is 12.8 Å². The molecule has 2 aliphatic carbocycles. The summed E-state index contributed by atoms with van der Waals surface area (Å²) in [6, 6.07) is 14.0. The molecule has 0 amide bonds. The number of carbonyl (C=O) groups excluding carboxylic acids is 1. The van der Waals surface area contributed by atoms with E-state index in [-0.39, 0.29) is 17.0 Å². The maximum Gasteiger partial charge on any atom is 0.160 e. The van der Waals surface area contributed by atoms with Crippen molar-refractivity contribution in [3.8, 4) is 5.69 Å². The first-order valence-electron chi connectivity index (χ1n) is 11.2. The average molecular weight is 431 g/mol. The van der Waals surface area contributed by atoms with Gasteiger partial charge in [0.05, 0.1) is 23.2 Å². The van der Waals surface area contributed by atoms with Crippen LogP contribution in [-0.4, -0.2) is 26.3 Å². The molecule has 1 N–H and O–H groups in total. The lowest BCUT2D eigenvalue weighted by molar-refractivity contribution is -0.0461. The summed E-state index contributed by atoms with van der Waals surface area (Å²) in [6.07, 6.45) is 7.53. The van der Waals surface area contributed by atoms with E-state index < -0.39 is 5.60 Å². The van der Waals surface area contributed by atoms with Crippen LogP contribution >= 0.6 is 0 Å². The zero-order chi connectivity index (χ0) is 22.5. The summed E-state index contributed by atoms with van der Waals surface area (Å²) in [5.74, 6) is -0.214. The van der Waals surface area contributed by atoms with E-state index in [1.807, 2.05) is 35.1 Å². The van der Waals surface area contributed by atoms with Crippen LogP contribution in [0.5, 0.6) is 0 Å². The van der Waals surface area contributed by atoms with Crippen LogP contribution in [0.3, 0.4) is 0 Å². The summed E-state index contributed by atoms with van der Waals surface area (Å²) in [7, 11) is 0. The predicted octanol–water partition coefficient (Wildman–Crippen LogP) is 5.32. The molecule has 3 aromatic rings. The van der Waals surface area contributed by atoms with Crippen LogP contribution in [0.2, 0.25) is 0 Å². The number of halogens is 1. The first-order valence-corrected chi connectivity index (χ1v) is 11.2. The van der Waals surface area contributed by atoms with E-state index >= 15 is 0 Å². The highest BCUT2D eigenvalue weighted by atomic mass is 19.1. The van der Waals surface area contributed by atoms with Crippen molar-refractivity contribution in [1.29, 1.82) is 0 Å². The summed E-state index contributed by atoms with van der Waals surface area (Å²) in [5.41, 5.74) is 4.66. The largest absolute Gasteiger partial charge is 0.389 e. The van der Waals surface area contributed by atoms with Crippen molar-refractivity contribution >= 4 is 11.9 Å². The molecule has 1 fully saturated rings. The molecule has 2 aliphatic rings. The number of fused-ring (bicyclic) bond motifs is 2. The number of aliphatic hydroxyl groups is 1. The van der Waals surface area contributed by atoms with Crippen molar-refractivity contribution in [2.45, 2.75) is 51.6 Å². The van der Waals surface area contributed by atoms with Gasteiger partial charge in [0.25, 0.3) is 0 Å². The molecular weight excluding hydrogens is 403 g/mol. The number of rotatable bonds is 5. The Balaban J connectivity index is 1.44. The van der Waals surface area contributed by atoms with Gasteiger partial charge in [-0.25, -0.2) is 9.07 Å². The molecule has 0 spiro atoms. The van der Waals surface area contributed by atoms with Gasteiger partial charge in [0.15, 0.2) is 5.78 Å². The monoisotopic (exact) mass is 430 g/mol. The van der Waals surface area contributed by atoms with Gasteiger partial charge < -0.3 is 5.11 Å². The van der Waals surface area contributed by atoms with Crippen LogP contribution in [0.25, 0.3) is 11.8 Å². The minimum absolute atomic E-state index is 0.0568.